The fraction of sp³-hybridized carbons (Fsp3) is 0.615. The molecule has 2 N–H and O–H groups in total. The minimum atomic E-state index is 0.0299. The molecule has 0 atom stereocenters. The zero-order valence-electron chi connectivity index (χ0n) is 10.6. The minimum absolute atomic E-state index is 0.0299. The number of nitrogens with two attached hydrogens (primary N) is 1. The minimum Gasteiger partial charge on any atom is -0.334 e. The zero-order valence-corrected chi connectivity index (χ0v) is 10.6. The van der Waals surface area contributed by atoms with Crippen molar-refractivity contribution in [1.29, 1.82) is 0 Å². The van der Waals surface area contributed by atoms with Crippen molar-refractivity contribution in [3.8, 4) is 0 Å². The van der Waals surface area contributed by atoms with Crippen LogP contribution in [0.4, 0.5) is 0 Å². The molecule has 5 heteroatoms. The standard InChI is InChI=1S/C13H20N4O/c14-7-9-17(12-4-2-1-3-5-12)13(18)11-6-8-15-16-10-11/h6,8,10,12H,1-5,7,9,14H2. The Labute approximate surface area is 107 Å². The average Bonchev–Trinajstić information content (AvgIpc) is 2.46. The molecule has 0 saturated heterocycles. The molecule has 0 aromatic carbocycles. The van der Waals surface area contributed by atoms with Gasteiger partial charge in [-0.3, -0.25) is 4.79 Å². The highest BCUT2D eigenvalue weighted by atomic mass is 16.2. The van der Waals surface area contributed by atoms with Gasteiger partial charge in [0.25, 0.3) is 5.91 Å². The van der Waals surface area contributed by atoms with E-state index in [0.29, 0.717) is 24.7 Å². The highest BCUT2D eigenvalue weighted by Crippen LogP contribution is 2.23. The van der Waals surface area contributed by atoms with Gasteiger partial charge in [0.05, 0.1) is 18.0 Å². The first kappa shape index (κ1) is 13.0. The number of carbonyl (C=O) groups excluding carboxylic acids is 1. The van der Waals surface area contributed by atoms with Crippen molar-refractivity contribution in [2.45, 2.75) is 38.1 Å². The molecule has 18 heavy (non-hydrogen) atoms. The second kappa shape index (κ2) is 6.44. The van der Waals surface area contributed by atoms with Crippen molar-refractivity contribution >= 4 is 5.91 Å². The highest BCUT2D eigenvalue weighted by Gasteiger charge is 2.25. The number of carbonyl (C=O) groups is 1. The maximum atomic E-state index is 12.4. The molecule has 2 rings (SSSR count). The van der Waals surface area contributed by atoms with Gasteiger partial charge in [-0.15, -0.1) is 0 Å². The van der Waals surface area contributed by atoms with Gasteiger partial charge in [0, 0.05) is 19.1 Å². The summed E-state index contributed by atoms with van der Waals surface area (Å²) in [7, 11) is 0. The summed E-state index contributed by atoms with van der Waals surface area (Å²) < 4.78 is 0. The van der Waals surface area contributed by atoms with E-state index in [1.54, 1.807) is 12.3 Å². The van der Waals surface area contributed by atoms with Crippen molar-refractivity contribution in [3.63, 3.8) is 0 Å². The molecular formula is C13H20N4O. The number of aromatic nitrogens is 2. The Balaban J connectivity index is 2.11. The largest absolute Gasteiger partial charge is 0.334 e. The molecule has 1 aromatic rings. The van der Waals surface area contributed by atoms with E-state index in [1.165, 1.54) is 25.5 Å². The molecular weight excluding hydrogens is 228 g/mol. The van der Waals surface area contributed by atoms with Crippen LogP contribution in [0.25, 0.3) is 0 Å². The molecule has 1 fully saturated rings. The maximum absolute atomic E-state index is 12.4. The van der Waals surface area contributed by atoms with Crippen molar-refractivity contribution in [2.24, 2.45) is 5.73 Å². The number of hydrogen-bond donors (Lipinski definition) is 1. The molecule has 1 amide bonds. The lowest BCUT2D eigenvalue weighted by Gasteiger charge is -2.34. The van der Waals surface area contributed by atoms with Gasteiger partial charge in [-0.05, 0) is 18.9 Å². The van der Waals surface area contributed by atoms with Crippen LogP contribution in [0.2, 0.25) is 0 Å². The highest BCUT2D eigenvalue weighted by molar-refractivity contribution is 5.94. The molecule has 1 saturated carbocycles. The smallest absolute Gasteiger partial charge is 0.255 e. The summed E-state index contributed by atoms with van der Waals surface area (Å²) in [6.07, 6.45) is 8.93. The van der Waals surface area contributed by atoms with Crippen LogP contribution in [0.15, 0.2) is 18.5 Å². The molecule has 1 aliphatic carbocycles. The molecule has 0 spiro atoms. The van der Waals surface area contributed by atoms with E-state index in [-0.39, 0.29) is 5.91 Å². The number of rotatable bonds is 4. The first-order chi connectivity index (χ1) is 8.83. The van der Waals surface area contributed by atoms with E-state index >= 15 is 0 Å². The lowest BCUT2D eigenvalue weighted by atomic mass is 9.93. The summed E-state index contributed by atoms with van der Waals surface area (Å²) in [4.78, 5) is 14.3. The maximum Gasteiger partial charge on any atom is 0.255 e. The molecule has 0 aliphatic heterocycles. The van der Waals surface area contributed by atoms with Crippen LogP contribution in [0.1, 0.15) is 42.5 Å². The number of hydrogen-bond acceptors (Lipinski definition) is 4. The molecule has 98 valence electrons. The Bertz CT molecular complexity index is 376. The fourth-order valence-electron chi connectivity index (χ4n) is 2.56. The van der Waals surface area contributed by atoms with Gasteiger partial charge in [-0.25, -0.2) is 0 Å². The van der Waals surface area contributed by atoms with Crippen molar-refractivity contribution in [1.82, 2.24) is 15.1 Å². The first-order valence-corrected chi connectivity index (χ1v) is 6.60. The zero-order chi connectivity index (χ0) is 12.8. The number of amides is 1. The normalized spacial score (nSPS) is 16.5. The lowest BCUT2D eigenvalue weighted by molar-refractivity contribution is 0.0641. The Hall–Kier alpha value is -1.49. The molecule has 0 bridgehead atoms. The summed E-state index contributed by atoms with van der Waals surface area (Å²) in [5, 5.41) is 7.46. The van der Waals surface area contributed by atoms with E-state index in [1.807, 2.05) is 4.90 Å². The van der Waals surface area contributed by atoms with Crippen LogP contribution in [-0.4, -0.2) is 40.1 Å². The van der Waals surface area contributed by atoms with Crippen molar-refractivity contribution in [2.75, 3.05) is 13.1 Å². The predicted molar refractivity (Wildman–Crippen MR) is 69.0 cm³/mol. The van der Waals surface area contributed by atoms with E-state index in [4.69, 9.17) is 5.73 Å². The molecule has 0 radical (unpaired) electrons. The van der Waals surface area contributed by atoms with E-state index < -0.39 is 0 Å². The van der Waals surface area contributed by atoms with Crippen LogP contribution in [0, 0.1) is 0 Å². The van der Waals surface area contributed by atoms with Crippen LogP contribution in [0.3, 0.4) is 0 Å². The third kappa shape index (κ3) is 3.04. The second-order valence-electron chi connectivity index (χ2n) is 4.71. The van der Waals surface area contributed by atoms with Crippen LogP contribution in [0.5, 0.6) is 0 Å². The summed E-state index contributed by atoms with van der Waals surface area (Å²) in [5.74, 6) is 0.0299. The Morgan fingerprint density at radius 1 is 1.33 bits per heavy atom. The van der Waals surface area contributed by atoms with Crippen LogP contribution >= 0.6 is 0 Å². The third-order valence-corrected chi connectivity index (χ3v) is 3.48. The van der Waals surface area contributed by atoms with E-state index in [9.17, 15) is 4.79 Å². The monoisotopic (exact) mass is 248 g/mol. The van der Waals surface area contributed by atoms with Crippen molar-refractivity contribution in [3.05, 3.63) is 24.0 Å². The summed E-state index contributed by atoms with van der Waals surface area (Å²) in [5.41, 5.74) is 6.23. The molecule has 0 unspecified atom stereocenters. The lowest BCUT2D eigenvalue weighted by Crippen LogP contribution is -2.44. The van der Waals surface area contributed by atoms with E-state index in [0.717, 1.165) is 12.8 Å². The molecule has 1 aromatic heterocycles. The molecule has 5 nitrogen and oxygen atoms in total. The second-order valence-corrected chi connectivity index (χ2v) is 4.71. The van der Waals surface area contributed by atoms with Crippen LogP contribution < -0.4 is 5.73 Å². The van der Waals surface area contributed by atoms with Gasteiger partial charge in [0.1, 0.15) is 0 Å². The average molecular weight is 248 g/mol. The Morgan fingerprint density at radius 2 is 2.11 bits per heavy atom. The first-order valence-electron chi connectivity index (χ1n) is 6.60. The molecule has 1 heterocycles. The predicted octanol–water partition coefficient (Wildman–Crippen LogP) is 1.21. The van der Waals surface area contributed by atoms with Gasteiger partial charge in [0.2, 0.25) is 0 Å². The summed E-state index contributed by atoms with van der Waals surface area (Å²) >= 11 is 0. The Kier molecular flexibility index (Phi) is 4.64. The van der Waals surface area contributed by atoms with Gasteiger partial charge in [0.15, 0.2) is 0 Å². The van der Waals surface area contributed by atoms with Crippen LogP contribution in [-0.2, 0) is 0 Å². The number of nitrogens with zero attached hydrogens (tertiary/aromatic N) is 3. The van der Waals surface area contributed by atoms with Gasteiger partial charge >= 0.3 is 0 Å². The fourth-order valence-corrected chi connectivity index (χ4v) is 2.56. The summed E-state index contributed by atoms with van der Waals surface area (Å²) in [6.45, 7) is 1.12. The van der Waals surface area contributed by atoms with Gasteiger partial charge in [-0.1, -0.05) is 19.3 Å². The molecule has 1 aliphatic rings. The van der Waals surface area contributed by atoms with Crippen molar-refractivity contribution < 1.29 is 4.79 Å². The van der Waals surface area contributed by atoms with E-state index in [2.05, 4.69) is 10.2 Å². The SMILES string of the molecule is NCCN(C(=O)c1ccnnc1)C1CCCCC1. The van der Waals surface area contributed by atoms with Gasteiger partial charge in [-0.2, -0.15) is 10.2 Å². The summed E-state index contributed by atoms with van der Waals surface area (Å²) in [6, 6.07) is 2.05. The Morgan fingerprint density at radius 3 is 2.72 bits per heavy atom. The quantitative estimate of drug-likeness (QED) is 0.869. The third-order valence-electron chi connectivity index (χ3n) is 3.48. The van der Waals surface area contributed by atoms with Gasteiger partial charge < -0.3 is 10.6 Å². The topological polar surface area (TPSA) is 72.1 Å².